The molecule has 1 fully saturated rings. The maximum absolute atomic E-state index is 5.34. The van der Waals surface area contributed by atoms with Crippen LogP contribution in [0.5, 0.6) is 0 Å². The van der Waals surface area contributed by atoms with Gasteiger partial charge in [-0.1, -0.05) is 6.92 Å². The van der Waals surface area contributed by atoms with Crippen molar-refractivity contribution in [1.82, 2.24) is 15.5 Å². The van der Waals surface area contributed by atoms with Gasteiger partial charge in [0.1, 0.15) is 0 Å². The van der Waals surface area contributed by atoms with E-state index in [1.54, 1.807) is 0 Å². The second-order valence-corrected chi connectivity index (χ2v) is 6.49. The van der Waals surface area contributed by atoms with E-state index in [2.05, 4.69) is 34.4 Å². The minimum Gasteiger partial charge on any atom is -0.382 e. The van der Waals surface area contributed by atoms with E-state index in [0.29, 0.717) is 0 Å². The summed E-state index contributed by atoms with van der Waals surface area (Å²) in [5, 5.41) is 6.74. The molecule has 1 atom stereocenters. The Morgan fingerprint density at radius 2 is 2.09 bits per heavy atom. The summed E-state index contributed by atoms with van der Waals surface area (Å²) in [7, 11) is 0. The van der Waals surface area contributed by atoms with Gasteiger partial charge in [0.2, 0.25) is 0 Å². The van der Waals surface area contributed by atoms with Crippen molar-refractivity contribution >= 4 is 5.96 Å². The number of rotatable bonds is 11. The Morgan fingerprint density at radius 3 is 2.83 bits per heavy atom. The first-order chi connectivity index (χ1) is 11.3. The standard InChI is InChI=1S/C18H38N4O/c1-4-19-18(21-12-9-15-23-5-2)20-11-6-7-13-22-14-8-10-17(3)16-22/h17H,4-16H2,1-3H3,(H2,19,20,21). The Hall–Kier alpha value is -0.810. The number of piperidine rings is 1. The molecule has 0 bridgehead atoms. The Balaban J connectivity index is 2.08. The van der Waals surface area contributed by atoms with Crippen LogP contribution in [0.15, 0.2) is 4.99 Å². The number of aliphatic imine (C=N–C) groups is 1. The molecule has 1 aliphatic rings. The fourth-order valence-corrected chi connectivity index (χ4v) is 3.00. The average Bonchev–Trinajstić information content (AvgIpc) is 2.54. The van der Waals surface area contributed by atoms with Crippen LogP contribution in [-0.2, 0) is 4.74 Å². The number of nitrogens with one attached hydrogen (secondary N) is 2. The SMILES string of the molecule is CCNC(=NCCCOCC)NCCCCN1CCCC(C)C1. The summed E-state index contributed by atoms with van der Waals surface area (Å²) in [6.45, 7) is 14.6. The summed E-state index contributed by atoms with van der Waals surface area (Å²) in [5.74, 6) is 1.82. The fraction of sp³-hybridized carbons (Fsp3) is 0.944. The van der Waals surface area contributed by atoms with Crippen molar-refractivity contribution in [3.8, 4) is 0 Å². The van der Waals surface area contributed by atoms with Crippen molar-refractivity contribution in [2.75, 3.05) is 52.5 Å². The second-order valence-electron chi connectivity index (χ2n) is 6.49. The van der Waals surface area contributed by atoms with Crippen molar-refractivity contribution in [2.45, 2.75) is 52.9 Å². The lowest BCUT2D eigenvalue weighted by Gasteiger charge is -2.30. The minimum absolute atomic E-state index is 0.790. The molecule has 0 amide bonds. The zero-order valence-electron chi connectivity index (χ0n) is 15.6. The first kappa shape index (κ1) is 20.2. The van der Waals surface area contributed by atoms with Gasteiger partial charge in [0.05, 0.1) is 0 Å². The lowest BCUT2D eigenvalue weighted by molar-refractivity contribution is 0.146. The zero-order valence-corrected chi connectivity index (χ0v) is 15.6. The zero-order chi connectivity index (χ0) is 16.8. The third kappa shape index (κ3) is 10.6. The third-order valence-electron chi connectivity index (χ3n) is 4.20. The molecule has 0 aromatic rings. The van der Waals surface area contributed by atoms with E-state index in [4.69, 9.17) is 4.74 Å². The molecular formula is C18H38N4O. The first-order valence-electron chi connectivity index (χ1n) is 9.58. The van der Waals surface area contributed by atoms with Gasteiger partial charge >= 0.3 is 0 Å². The van der Waals surface area contributed by atoms with E-state index in [1.807, 2.05) is 6.92 Å². The second kappa shape index (κ2) is 13.6. The number of unbranched alkanes of at least 4 members (excludes halogenated alkanes) is 1. The van der Waals surface area contributed by atoms with Crippen molar-refractivity contribution in [3.63, 3.8) is 0 Å². The molecule has 5 nitrogen and oxygen atoms in total. The van der Waals surface area contributed by atoms with E-state index in [9.17, 15) is 0 Å². The molecular weight excluding hydrogens is 288 g/mol. The quantitative estimate of drug-likeness (QED) is 0.348. The Labute approximate surface area is 143 Å². The molecule has 1 rings (SSSR count). The van der Waals surface area contributed by atoms with E-state index in [-0.39, 0.29) is 0 Å². The number of hydrogen-bond donors (Lipinski definition) is 2. The van der Waals surface area contributed by atoms with Crippen LogP contribution in [0.2, 0.25) is 0 Å². The summed E-state index contributed by atoms with van der Waals surface area (Å²) < 4.78 is 5.34. The van der Waals surface area contributed by atoms with E-state index >= 15 is 0 Å². The predicted octanol–water partition coefficient (Wildman–Crippen LogP) is 2.48. The lowest BCUT2D eigenvalue weighted by Crippen LogP contribution is -2.38. The molecule has 1 saturated heterocycles. The Kier molecular flexibility index (Phi) is 12.0. The van der Waals surface area contributed by atoms with E-state index < -0.39 is 0 Å². The predicted molar refractivity (Wildman–Crippen MR) is 99.2 cm³/mol. The molecule has 0 saturated carbocycles. The lowest BCUT2D eigenvalue weighted by atomic mass is 10.0. The van der Waals surface area contributed by atoms with Gasteiger partial charge in [0.25, 0.3) is 0 Å². The molecule has 1 unspecified atom stereocenters. The summed E-state index contributed by atoms with van der Waals surface area (Å²) in [6.07, 6.45) is 6.23. The summed E-state index contributed by atoms with van der Waals surface area (Å²) in [6, 6.07) is 0. The van der Waals surface area contributed by atoms with Gasteiger partial charge in [-0.05, 0) is 65.0 Å². The third-order valence-corrected chi connectivity index (χ3v) is 4.20. The van der Waals surface area contributed by atoms with Crippen LogP contribution < -0.4 is 10.6 Å². The van der Waals surface area contributed by atoms with Crippen molar-refractivity contribution in [1.29, 1.82) is 0 Å². The van der Waals surface area contributed by atoms with Gasteiger partial charge < -0.3 is 20.3 Å². The summed E-state index contributed by atoms with van der Waals surface area (Å²) in [5.41, 5.74) is 0. The largest absolute Gasteiger partial charge is 0.382 e. The van der Waals surface area contributed by atoms with Gasteiger partial charge in [0, 0.05) is 39.4 Å². The van der Waals surface area contributed by atoms with Crippen molar-refractivity contribution in [2.24, 2.45) is 10.9 Å². The number of nitrogens with zero attached hydrogens (tertiary/aromatic N) is 2. The highest BCUT2D eigenvalue weighted by Crippen LogP contribution is 2.15. The summed E-state index contributed by atoms with van der Waals surface area (Å²) in [4.78, 5) is 7.21. The number of likely N-dealkylation sites (tertiary alicyclic amines) is 1. The molecule has 2 N–H and O–H groups in total. The fourth-order valence-electron chi connectivity index (χ4n) is 3.00. The van der Waals surface area contributed by atoms with Gasteiger partial charge in [0.15, 0.2) is 5.96 Å². The molecule has 136 valence electrons. The Bertz CT molecular complexity index is 309. The first-order valence-corrected chi connectivity index (χ1v) is 9.58. The molecule has 0 radical (unpaired) electrons. The molecule has 5 heteroatoms. The van der Waals surface area contributed by atoms with Crippen LogP contribution in [0, 0.1) is 5.92 Å². The highest BCUT2D eigenvalue weighted by molar-refractivity contribution is 5.79. The molecule has 1 aliphatic heterocycles. The average molecular weight is 327 g/mol. The van der Waals surface area contributed by atoms with Crippen LogP contribution in [0.4, 0.5) is 0 Å². The minimum atomic E-state index is 0.790. The highest BCUT2D eigenvalue weighted by Gasteiger charge is 2.15. The molecule has 1 heterocycles. The molecule has 0 aliphatic carbocycles. The van der Waals surface area contributed by atoms with Crippen molar-refractivity contribution < 1.29 is 4.74 Å². The van der Waals surface area contributed by atoms with Crippen LogP contribution in [0.3, 0.4) is 0 Å². The molecule has 0 spiro atoms. The smallest absolute Gasteiger partial charge is 0.191 e. The molecule has 23 heavy (non-hydrogen) atoms. The summed E-state index contributed by atoms with van der Waals surface area (Å²) >= 11 is 0. The maximum Gasteiger partial charge on any atom is 0.191 e. The van der Waals surface area contributed by atoms with Crippen LogP contribution >= 0.6 is 0 Å². The van der Waals surface area contributed by atoms with Gasteiger partial charge in [-0.2, -0.15) is 0 Å². The number of hydrogen-bond acceptors (Lipinski definition) is 3. The molecule has 0 aromatic carbocycles. The van der Waals surface area contributed by atoms with Crippen LogP contribution in [0.1, 0.15) is 52.9 Å². The van der Waals surface area contributed by atoms with Crippen LogP contribution in [0.25, 0.3) is 0 Å². The van der Waals surface area contributed by atoms with E-state index in [1.165, 1.54) is 45.3 Å². The number of ether oxygens (including phenoxy) is 1. The van der Waals surface area contributed by atoms with Gasteiger partial charge in [-0.25, -0.2) is 0 Å². The monoisotopic (exact) mass is 326 g/mol. The van der Waals surface area contributed by atoms with E-state index in [0.717, 1.165) is 51.1 Å². The highest BCUT2D eigenvalue weighted by atomic mass is 16.5. The van der Waals surface area contributed by atoms with Crippen molar-refractivity contribution in [3.05, 3.63) is 0 Å². The van der Waals surface area contributed by atoms with Gasteiger partial charge in [-0.3, -0.25) is 4.99 Å². The van der Waals surface area contributed by atoms with Gasteiger partial charge in [-0.15, -0.1) is 0 Å². The molecule has 0 aromatic heterocycles. The Morgan fingerprint density at radius 1 is 1.22 bits per heavy atom. The number of guanidine groups is 1. The topological polar surface area (TPSA) is 48.9 Å². The normalized spacial score (nSPS) is 19.8. The van der Waals surface area contributed by atoms with Crippen LogP contribution in [-0.4, -0.2) is 63.3 Å². The maximum atomic E-state index is 5.34.